The molecule has 1 aromatic heterocycles. The number of halogens is 3. The van der Waals surface area contributed by atoms with Crippen molar-refractivity contribution < 1.29 is 9.53 Å². The highest BCUT2D eigenvalue weighted by atomic mass is 79.9. The second kappa shape index (κ2) is 4.59. The molecule has 0 amide bonds. The number of esters is 1. The largest absolute Gasteiger partial charge is 0.424 e. The molecule has 76 valence electrons. The summed E-state index contributed by atoms with van der Waals surface area (Å²) in [6.45, 7) is 3.08. The molecule has 1 heterocycles. The van der Waals surface area contributed by atoms with E-state index in [0.29, 0.717) is 20.4 Å². The Morgan fingerprint density at radius 3 is 2.50 bits per heavy atom. The average Bonchev–Trinajstić information content (AvgIpc) is 2.09. The van der Waals surface area contributed by atoms with Gasteiger partial charge in [-0.2, -0.15) is 0 Å². The molecule has 0 aliphatic heterocycles. The van der Waals surface area contributed by atoms with Crippen molar-refractivity contribution in [1.29, 1.82) is 0 Å². The number of carbonyl (C=O) groups excluding carboxylic acids is 1. The molecule has 6 heteroatoms. The standard InChI is InChI=1S/C8H6Br2ClNO2/c1-3-5(9)7(14-4(2)13)6(10)8(11)12-3/h1-2H3. The summed E-state index contributed by atoms with van der Waals surface area (Å²) in [6, 6.07) is 0. The van der Waals surface area contributed by atoms with Crippen LogP contribution in [0.2, 0.25) is 5.15 Å². The molecule has 0 unspecified atom stereocenters. The number of hydrogen-bond donors (Lipinski definition) is 0. The maximum Gasteiger partial charge on any atom is 0.308 e. The molecule has 14 heavy (non-hydrogen) atoms. The molecule has 3 nitrogen and oxygen atoms in total. The van der Waals surface area contributed by atoms with Crippen molar-refractivity contribution >= 4 is 49.4 Å². The van der Waals surface area contributed by atoms with Crippen LogP contribution in [0.25, 0.3) is 0 Å². The molecule has 0 aliphatic carbocycles. The lowest BCUT2D eigenvalue weighted by Gasteiger charge is -2.09. The van der Waals surface area contributed by atoms with Gasteiger partial charge in [0.2, 0.25) is 0 Å². The van der Waals surface area contributed by atoms with Crippen LogP contribution in [0.4, 0.5) is 0 Å². The molecule has 0 fully saturated rings. The van der Waals surface area contributed by atoms with Crippen LogP contribution in [0.1, 0.15) is 12.6 Å². The number of hydrogen-bond acceptors (Lipinski definition) is 3. The lowest BCUT2D eigenvalue weighted by atomic mass is 10.3. The van der Waals surface area contributed by atoms with Crippen LogP contribution in [-0.2, 0) is 4.79 Å². The minimum atomic E-state index is -0.409. The third kappa shape index (κ3) is 2.46. The van der Waals surface area contributed by atoms with Crippen molar-refractivity contribution in [3.8, 4) is 5.75 Å². The Balaban J connectivity index is 3.31. The molecule has 1 rings (SSSR count). The third-order valence-electron chi connectivity index (χ3n) is 1.41. The van der Waals surface area contributed by atoms with E-state index in [0.717, 1.165) is 0 Å². The highest BCUT2D eigenvalue weighted by Crippen LogP contribution is 2.38. The maximum atomic E-state index is 10.8. The number of aryl methyl sites for hydroxylation is 1. The van der Waals surface area contributed by atoms with E-state index in [4.69, 9.17) is 16.3 Å². The van der Waals surface area contributed by atoms with Gasteiger partial charge in [0, 0.05) is 6.92 Å². The molecule has 0 saturated heterocycles. The van der Waals surface area contributed by atoms with Crippen molar-refractivity contribution in [3.05, 3.63) is 19.8 Å². The predicted octanol–water partition coefficient (Wildman–Crippen LogP) is 3.49. The predicted molar refractivity (Wildman–Crippen MR) is 60.7 cm³/mol. The summed E-state index contributed by atoms with van der Waals surface area (Å²) in [7, 11) is 0. The minimum absolute atomic E-state index is 0.266. The summed E-state index contributed by atoms with van der Waals surface area (Å²) in [5.74, 6) is -0.0527. The van der Waals surface area contributed by atoms with Crippen LogP contribution in [0.3, 0.4) is 0 Å². The molecule has 0 spiro atoms. The fourth-order valence-electron chi connectivity index (χ4n) is 0.833. The Kier molecular flexibility index (Phi) is 3.92. The van der Waals surface area contributed by atoms with Gasteiger partial charge in [-0.1, -0.05) is 11.6 Å². The van der Waals surface area contributed by atoms with Gasteiger partial charge in [0.05, 0.1) is 14.6 Å². The van der Waals surface area contributed by atoms with E-state index in [2.05, 4.69) is 36.8 Å². The van der Waals surface area contributed by atoms with Gasteiger partial charge >= 0.3 is 5.97 Å². The number of nitrogens with zero attached hydrogens (tertiary/aromatic N) is 1. The first-order valence-corrected chi connectivity index (χ1v) is 5.59. The van der Waals surface area contributed by atoms with Gasteiger partial charge in [-0.25, -0.2) is 4.98 Å². The SMILES string of the molecule is CC(=O)Oc1c(Br)c(C)nc(Cl)c1Br. The average molecular weight is 343 g/mol. The van der Waals surface area contributed by atoms with Crippen LogP contribution in [-0.4, -0.2) is 11.0 Å². The van der Waals surface area contributed by atoms with E-state index >= 15 is 0 Å². The molecule has 0 N–H and O–H groups in total. The minimum Gasteiger partial charge on any atom is -0.424 e. The van der Waals surface area contributed by atoms with E-state index in [1.807, 2.05) is 0 Å². The van der Waals surface area contributed by atoms with Crippen molar-refractivity contribution in [2.45, 2.75) is 13.8 Å². The molecule has 0 bridgehead atoms. The molecule has 0 aliphatic rings. The highest BCUT2D eigenvalue weighted by molar-refractivity contribution is 9.11. The zero-order chi connectivity index (χ0) is 10.9. The molecule has 0 radical (unpaired) electrons. The summed E-state index contributed by atoms with van der Waals surface area (Å²) < 4.78 is 6.06. The third-order valence-corrected chi connectivity index (χ3v) is 3.58. The first-order valence-electron chi connectivity index (χ1n) is 3.63. The van der Waals surface area contributed by atoms with Gasteiger partial charge in [0.25, 0.3) is 0 Å². The number of ether oxygens (including phenoxy) is 1. The number of rotatable bonds is 1. The Labute approximate surface area is 103 Å². The summed E-state index contributed by atoms with van der Waals surface area (Å²) in [5, 5.41) is 0.266. The quantitative estimate of drug-likeness (QED) is 0.579. The number of aromatic nitrogens is 1. The fraction of sp³-hybridized carbons (Fsp3) is 0.250. The smallest absolute Gasteiger partial charge is 0.308 e. The van der Waals surface area contributed by atoms with Gasteiger partial charge in [0.1, 0.15) is 5.15 Å². The zero-order valence-electron chi connectivity index (χ0n) is 7.40. The zero-order valence-corrected chi connectivity index (χ0v) is 11.3. The Hall–Kier alpha value is -0.130. The van der Waals surface area contributed by atoms with E-state index in [1.165, 1.54) is 6.92 Å². The van der Waals surface area contributed by atoms with Crippen LogP contribution in [0.15, 0.2) is 8.95 Å². The van der Waals surface area contributed by atoms with E-state index < -0.39 is 5.97 Å². The van der Waals surface area contributed by atoms with E-state index in [1.54, 1.807) is 6.92 Å². The second-order valence-corrected chi connectivity index (χ2v) is 4.48. The summed E-state index contributed by atoms with van der Waals surface area (Å²) >= 11 is 12.3. The van der Waals surface area contributed by atoms with E-state index in [9.17, 15) is 4.79 Å². The lowest BCUT2D eigenvalue weighted by molar-refractivity contribution is -0.131. The number of carbonyl (C=O) groups is 1. The molecule has 0 saturated carbocycles. The van der Waals surface area contributed by atoms with Gasteiger partial charge in [-0.3, -0.25) is 4.79 Å². The molecule has 0 aromatic carbocycles. The second-order valence-electron chi connectivity index (χ2n) is 2.54. The Morgan fingerprint density at radius 1 is 1.43 bits per heavy atom. The first-order chi connectivity index (χ1) is 6.43. The number of pyridine rings is 1. The van der Waals surface area contributed by atoms with Crippen LogP contribution < -0.4 is 4.74 Å². The Morgan fingerprint density at radius 2 is 2.00 bits per heavy atom. The molecular weight excluding hydrogens is 337 g/mol. The lowest BCUT2D eigenvalue weighted by Crippen LogP contribution is -2.04. The van der Waals surface area contributed by atoms with Gasteiger partial charge in [0.15, 0.2) is 5.75 Å². The van der Waals surface area contributed by atoms with E-state index in [-0.39, 0.29) is 5.15 Å². The van der Waals surface area contributed by atoms with Crippen molar-refractivity contribution in [3.63, 3.8) is 0 Å². The topological polar surface area (TPSA) is 39.2 Å². The first kappa shape index (κ1) is 11.9. The Bertz CT molecular complexity index is 369. The normalized spacial score (nSPS) is 10.1. The molecule has 0 atom stereocenters. The summed E-state index contributed by atoms with van der Waals surface area (Å²) in [5.41, 5.74) is 0.662. The summed E-state index contributed by atoms with van der Waals surface area (Å²) in [6.07, 6.45) is 0. The van der Waals surface area contributed by atoms with Crippen molar-refractivity contribution in [2.24, 2.45) is 0 Å². The van der Waals surface area contributed by atoms with Crippen molar-refractivity contribution in [2.75, 3.05) is 0 Å². The monoisotopic (exact) mass is 341 g/mol. The van der Waals surface area contributed by atoms with Crippen LogP contribution in [0, 0.1) is 6.92 Å². The highest BCUT2D eigenvalue weighted by Gasteiger charge is 2.16. The summed E-state index contributed by atoms with van der Waals surface area (Å²) in [4.78, 5) is 14.8. The van der Waals surface area contributed by atoms with Crippen LogP contribution >= 0.6 is 43.5 Å². The fourth-order valence-corrected chi connectivity index (χ4v) is 2.05. The molecular formula is C8H6Br2ClNO2. The molecule has 1 aromatic rings. The van der Waals surface area contributed by atoms with Gasteiger partial charge in [-0.15, -0.1) is 0 Å². The van der Waals surface area contributed by atoms with Gasteiger partial charge < -0.3 is 4.74 Å². The van der Waals surface area contributed by atoms with Crippen LogP contribution in [0.5, 0.6) is 5.75 Å². The maximum absolute atomic E-state index is 10.8. The van der Waals surface area contributed by atoms with Crippen molar-refractivity contribution in [1.82, 2.24) is 4.98 Å². The van der Waals surface area contributed by atoms with Gasteiger partial charge in [-0.05, 0) is 38.8 Å².